The minimum absolute atomic E-state index is 0.191. The van der Waals surface area contributed by atoms with Crippen molar-refractivity contribution in [3.8, 4) is 44.5 Å². The van der Waals surface area contributed by atoms with Gasteiger partial charge in [0.1, 0.15) is 22.3 Å². The van der Waals surface area contributed by atoms with Gasteiger partial charge in [0.25, 0.3) is 0 Å². The minimum Gasteiger partial charge on any atom is -0.456 e. The van der Waals surface area contributed by atoms with E-state index in [4.69, 9.17) is 8.83 Å². The number of para-hydroxylation sites is 1. The summed E-state index contributed by atoms with van der Waals surface area (Å²) >= 11 is 0. The van der Waals surface area contributed by atoms with Crippen LogP contribution in [0, 0.1) is 0 Å². The highest BCUT2D eigenvalue weighted by Crippen LogP contribution is 2.53. The predicted molar refractivity (Wildman–Crippen MR) is 247 cm³/mol. The molecule has 12 aromatic rings. The molecule has 0 unspecified atom stereocenters. The molecule has 2 heteroatoms. The van der Waals surface area contributed by atoms with Crippen LogP contribution >= 0.6 is 0 Å². The van der Waals surface area contributed by atoms with E-state index in [1.54, 1.807) is 0 Å². The topological polar surface area (TPSA) is 26.3 Å². The second-order valence-corrected chi connectivity index (χ2v) is 16.7. The first-order chi connectivity index (χ1) is 29.0. The Labute approximate surface area is 340 Å². The Morgan fingerprint density at radius 3 is 1.69 bits per heavy atom. The molecule has 13 rings (SSSR count). The quantitative estimate of drug-likeness (QED) is 0.168. The van der Waals surface area contributed by atoms with Crippen LogP contribution in [0.2, 0.25) is 0 Å². The second-order valence-electron chi connectivity index (χ2n) is 16.7. The van der Waals surface area contributed by atoms with E-state index in [1.807, 2.05) is 12.1 Å². The summed E-state index contributed by atoms with van der Waals surface area (Å²) in [6.07, 6.45) is 0. The lowest BCUT2D eigenvalue weighted by Gasteiger charge is -2.23. The van der Waals surface area contributed by atoms with Gasteiger partial charge in [0, 0.05) is 38.6 Å². The zero-order chi connectivity index (χ0) is 39.0. The van der Waals surface area contributed by atoms with Crippen LogP contribution in [0.3, 0.4) is 0 Å². The van der Waals surface area contributed by atoms with Gasteiger partial charge in [0.2, 0.25) is 0 Å². The Morgan fingerprint density at radius 1 is 0.339 bits per heavy atom. The molecule has 1 aliphatic rings. The van der Waals surface area contributed by atoms with Crippen molar-refractivity contribution in [2.75, 3.05) is 0 Å². The van der Waals surface area contributed by atoms with E-state index in [0.717, 1.165) is 55.0 Å². The van der Waals surface area contributed by atoms with Gasteiger partial charge in [0.05, 0.1) is 0 Å². The SMILES string of the molecule is CC1(C)c2ccc(-c3cc4ccccc4c4c3oc3cc5oc6ccccc6c5cc34)cc2-c2ccc(-c3c4ccccc4c(-c4ccccc4)c4ccccc34)cc21. The Kier molecular flexibility index (Phi) is 6.54. The molecular formula is C57H36O2. The average Bonchev–Trinajstić information content (AvgIpc) is 3.91. The molecule has 0 saturated carbocycles. The minimum atomic E-state index is -0.191. The van der Waals surface area contributed by atoms with Crippen LogP contribution < -0.4 is 0 Å². The lowest BCUT2D eigenvalue weighted by molar-refractivity contribution is 0.657. The Bertz CT molecular complexity index is 3690. The maximum Gasteiger partial charge on any atom is 0.143 e. The van der Waals surface area contributed by atoms with Crippen molar-refractivity contribution in [1.82, 2.24) is 0 Å². The zero-order valence-electron chi connectivity index (χ0n) is 32.6. The van der Waals surface area contributed by atoms with E-state index in [9.17, 15) is 0 Å². The van der Waals surface area contributed by atoms with E-state index in [2.05, 4.69) is 184 Å². The third-order valence-corrected chi connectivity index (χ3v) is 13.2. The summed E-state index contributed by atoms with van der Waals surface area (Å²) in [4.78, 5) is 0. The molecule has 0 spiro atoms. The van der Waals surface area contributed by atoms with Gasteiger partial charge in [0.15, 0.2) is 0 Å². The second kappa shape index (κ2) is 11.8. The summed E-state index contributed by atoms with van der Waals surface area (Å²) in [5, 5.41) is 11.9. The number of rotatable bonds is 3. The molecule has 0 radical (unpaired) electrons. The van der Waals surface area contributed by atoms with Gasteiger partial charge >= 0.3 is 0 Å². The predicted octanol–water partition coefficient (Wildman–Crippen LogP) is 16.3. The normalized spacial score (nSPS) is 13.4. The third kappa shape index (κ3) is 4.52. The highest BCUT2D eigenvalue weighted by molar-refractivity contribution is 6.25. The fourth-order valence-corrected chi connectivity index (χ4v) is 10.5. The summed E-state index contributed by atoms with van der Waals surface area (Å²) in [6, 6.07) is 66.5. The molecule has 0 saturated heterocycles. The number of hydrogen-bond donors (Lipinski definition) is 0. The first-order valence-corrected chi connectivity index (χ1v) is 20.5. The van der Waals surface area contributed by atoms with Crippen molar-refractivity contribution in [2.24, 2.45) is 0 Å². The Balaban J connectivity index is 1.01. The summed E-state index contributed by atoms with van der Waals surface area (Å²) < 4.78 is 13.2. The fourth-order valence-electron chi connectivity index (χ4n) is 10.5. The molecule has 0 amide bonds. The van der Waals surface area contributed by atoms with Crippen molar-refractivity contribution < 1.29 is 8.83 Å². The van der Waals surface area contributed by atoms with Crippen LogP contribution in [0.15, 0.2) is 191 Å². The molecule has 0 atom stereocenters. The van der Waals surface area contributed by atoms with Gasteiger partial charge < -0.3 is 8.83 Å². The van der Waals surface area contributed by atoms with Crippen LogP contribution in [-0.4, -0.2) is 0 Å². The molecule has 2 nitrogen and oxygen atoms in total. The zero-order valence-corrected chi connectivity index (χ0v) is 32.6. The van der Waals surface area contributed by atoms with Crippen molar-refractivity contribution >= 4 is 76.2 Å². The molecule has 2 aromatic heterocycles. The van der Waals surface area contributed by atoms with E-state index in [1.165, 1.54) is 76.8 Å². The van der Waals surface area contributed by atoms with Crippen molar-refractivity contribution in [2.45, 2.75) is 19.3 Å². The first-order valence-electron chi connectivity index (χ1n) is 20.5. The summed E-state index contributed by atoms with van der Waals surface area (Å²) in [5.74, 6) is 0. The Hall–Kier alpha value is -7.42. The summed E-state index contributed by atoms with van der Waals surface area (Å²) in [5.41, 5.74) is 15.8. The van der Waals surface area contributed by atoms with Gasteiger partial charge in [-0.05, 0) is 113 Å². The molecule has 59 heavy (non-hydrogen) atoms. The smallest absolute Gasteiger partial charge is 0.143 e. The highest BCUT2D eigenvalue weighted by Gasteiger charge is 2.36. The van der Waals surface area contributed by atoms with E-state index >= 15 is 0 Å². The van der Waals surface area contributed by atoms with Gasteiger partial charge in [-0.3, -0.25) is 0 Å². The third-order valence-electron chi connectivity index (χ3n) is 13.2. The molecule has 276 valence electrons. The van der Waals surface area contributed by atoms with Crippen LogP contribution in [0.25, 0.3) is 121 Å². The van der Waals surface area contributed by atoms with Gasteiger partial charge in [-0.1, -0.05) is 159 Å². The Morgan fingerprint density at radius 2 is 0.949 bits per heavy atom. The molecule has 1 aliphatic carbocycles. The molecule has 2 heterocycles. The van der Waals surface area contributed by atoms with E-state index in [-0.39, 0.29) is 5.41 Å². The molecule has 0 fully saturated rings. The van der Waals surface area contributed by atoms with Crippen LogP contribution in [0.1, 0.15) is 25.0 Å². The maximum absolute atomic E-state index is 6.89. The van der Waals surface area contributed by atoms with Crippen molar-refractivity contribution in [1.29, 1.82) is 0 Å². The van der Waals surface area contributed by atoms with Gasteiger partial charge in [-0.25, -0.2) is 0 Å². The number of benzene rings is 10. The van der Waals surface area contributed by atoms with Crippen molar-refractivity contribution in [3.05, 3.63) is 193 Å². The highest BCUT2D eigenvalue weighted by atomic mass is 16.3. The molecule has 0 aliphatic heterocycles. The molecule has 0 bridgehead atoms. The fraction of sp³-hybridized carbons (Fsp3) is 0.0526. The van der Waals surface area contributed by atoms with Crippen molar-refractivity contribution in [3.63, 3.8) is 0 Å². The van der Waals surface area contributed by atoms with Gasteiger partial charge in [-0.15, -0.1) is 0 Å². The molecule has 0 N–H and O–H groups in total. The number of fused-ring (bicyclic) bond motifs is 13. The lowest BCUT2D eigenvalue weighted by atomic mass is 9.80. The monoisotopic (exact) mass is 752 g/mol. The van der Waals surface area contributed by atoms with Gasteiger partial charge in [-0.2, -0.15) is 0 Å². The number of furan rings is 2. The summed E-state index contributed by atoms with van der Waals surface area (Å²) in [6.45, 7) is 4.76. The van der Waals surface area contributed by atoms with Crippen LogP contribution in [-0.2, 0) is 5.41 Å². The molecule has 10 aromatic carbocycles. The summed E-state index contributed by atoms with van der Waals surface area (Å²) in [7, 11) is 0. The average molecular weight is 753 g/mol. The van der Waals surface area contributed by atoms with Crippen LogP contribution in [0.5, 0.6) is 0 Å². The largest absolute Gasteiger partial charge is 0.456 e. The first kappa shape index (κ1) is 32.6. The van der Waals surface area contributed by atoms with E-state index in [0.29, 0.717) is 0 Å². The standard InChI is InChI=1S/C57H36O2/c1-57(2)48-27-25-35(44-28-34-16-6-7-17-37(34)55-47-31-46-39-18-12-13-23-50(39)58-51(46)32-52(47)59-56(44)55)29-45(48)38-26-24-36(30-49(38)57)54-42-21-10-8-19-40(42)53(33-14-4-3-5-15-33)41-20-9-11-22-43(41)54/h3-32H,1-2H3. The van der Waals surface area contributed by atoms with E-state index < -0.39 is 0 Å². The number of hydrogen-bond acceptors (Lipinski definition) is 2. The maximum atomic E-state index is 6.89. The molecular weight excluding hydrogens is 717 g/mol. The van der Waals surface area contributed by atoms with Crippen LogP contribution in [0.4, 0.5) is 0 Å². The lowest BCUT2D eigenvalue weighted by Crippen LogP contribution is -2.15.